The summed E-state index contributed by atoms with van der Waals surface area (Å²) in [6.45, 7) is 4.41. The number of allylic oxidation sites excluding steroid dienone is 2. The first-order valence-corrected chi connectivity index (χ1v) is 23.1. The quantitative estimate of drug-likeness (QED) is 0.0246. The number of unbranched alkanes of at least 4 members (excludes halogenated alkanes) is 23. The van der Waals surface area contributed by atoms with Gasteiger partial charge in [-0.25, -0.2) is 0 Å². The van der Waals surface area contributed by atoms with Gasteiger partial charge in [-0.1, -0.05) is 161 Å². The van der Waals surface area contributed by atoms with Gasteiger partial charge >= 0.3 is 0 Å². The summed E-state index contributed by atoms with van der Waals surface area (Å²) in [6.07, 6.45) is 33.9. The summed E-state index contributed by atoms with van der Waals surface area (Å²) in [5.41, 5.74) is 0. The number of carbonyl (C=O) groups is 1. The van der Waals surface area contributed by atoms with Crippen LogP contribution in [0.3, 0.4) is 0 Å². The van der Waals surface area contributed by atoms with E-state index in [2.05, 4.69) is 31.3 Å². The number of rotatable bonds is 39. The molecule has 52 heavy (non-hydrogen) atoms. The maximum Gasteiger partial charge on any atom is 0.268 e. The van der Waals surface area contributed by atoms with Crippen molar-refractivity contribution >= 4 is 13.7 Å². The highest BCUT2D eigenvalue weighted by Crippen LogP contribution is 2.38. The highest BCUT2D eigenvalue weighted by Gasteiger charge is 2.29. The lowest BCUT2D eigenvalue weighted by atomic mass is 10.0. The Morgan fingerprint density at radius 1 is 0.673 bits per heavy atom. The molecule has 310 valence electrons. The van der Waals surface area contributed by atoms with E-state index in [9.17, 15) is 24.5 Å². The van der Waals surface area contributed by atoms with Crippen LogP contribution in [0.4, 0.5) is 0 Å². The standard InChI is InChI=1S/C42H85N2O7P/c1-6-8-10-12-14-16-18-20-21-22-23-25-27-29-31-33-35-41(46)43-39(38-51-52(48,49)50-37-36-44(3,4)5)42(47)40(45)34-32-30-28-26-24-19-17-15-13-11-9-7-2/h26,28,39-40,42,45,47H,6-25,27,29-38H2,1-5H3,(H-,43,46,48,49)/b28-26+. The molecule has 0 aromatic heterocycles. The molecule has 4 atom stereocenters. The van der Waals surface area contributed by atoms with Gasteiger partial charge in [-0.05, 0) is 38.5 Å². The van der Waals surface area contributed by atoms with Crippen LogP contribution in [0.1, 0.15) is 194 Å². The van der Waals surface area contributed by atoms with Gasteiger partial charge in [0.2, 0.25) is 5.91 Å². The van der Waals surface area contributed by atoms with Crippen LogP contribution in [0.2, 0.25) is 0 Å². The van der Waals surface area contributed by atoms with Crippen molar-refractivity contribution in [3.05, 3.63) is 12.2 Å². The predicted molar refractivity (Wildman–Crippen MR) is 216 cm³/mol. The Morgan fingerprint density at radius 2 is 1.10 bits per heavy atom. The number of hydrogen-bond acceptors (Lipinski definition) is 7. The molecular formula is C42H85N2O7P. The molecule has 0 aromatic carbocycles. The minimum absolute atomic E-state index is 0.0434. The second kappa shape index (κ2) is 34.7. The molecular weight excluding hydrogens is 675 g/mol. The van der Waals surface area contributed by atoms with Crippen molar-refractivity contribution in [1.82, 2.24) is 5.32 Å². The summed E-state index contributed by atoms with van der Waals surface area (Å²) in [5.74, 6) is -0.287. The summed E-state index contributed by atoms with van der Waals surface area (Å²) < 4.78 is 23.1. The van der Waals surface area contributed by atoms with E-state index in [-0.39, 0.29) is 18.9 Å². The molecule has 0 aromatic rings. The zero-order valence-electron chi connectivity index (χ0n) is 34.6. The minimum Gasteiger partial charge on any atom is -0.756 e. The summed E-state index contributed by atoms with van der Waals surface area (Å²) in [6, 6.07) is -1.08. The monoisotopic (exact) mass is 761 g/mol. The highest BCUT2D eigenvalue weighted by molar-refractivity contribution is 7.45. The van der Waals surface area contributed by atoms with Crippen molar-refractivity contribution in [3.8, 4) is 0 Å². The SMILES string of the molecule is CCCCCCCCC/C=C/CCCC(O)C(O)C(COP(=O)([O-])OCC[N+](C)(C)C)NC(=O)CCCCCCCCCCCCCCCCCC. The average molecular weight is 761 g/mol. The first-order valence-electron chi connectivity index (χ1n) is 21.6. The van der Waals surface area contributed by atoms with E-state index < -0.39 is 32.7 Å². The fraction of sp³-hybridized carbons (Fsp3) is 0.929. The van der Waals surface area contributed by atoms with Crippen LogP contribution >= 0.6 is 7.82 Å². The number of quaternary nitrogens is 1. The second-order valence-electron chi connectivity index (χ2n) is 16.2. The lowest BCUT2D eigenvalue weighted by Crippen LogP contribution is -2.51. The number of phosphoric ester groups is 1. The van der Waals surface area contributed by atoms with Crippen molar-refractivity contribution in [2.24, 2.45) is 0 Å². The van der Waals surface area contributed by atoms with Crippen molar-refractivity contribution in [2.45, 2.75) is 212 Å². The van der Waals surface area contributed by atoms with E-state index in [1.165, 1.54) is 128 Å². The zero-order chi connectivity index (χ0) is 38.8. The summed E-state index contributed by atoms with van der Waals surface area (Å²) in [4.78, 5) is 25.3. The van der Waals surface area contributed by atoms with Gasteiger partial charge in [-0.15, -0.1) is 0 Å². The molecule has 10 heteroatoms. The number of amides is 1. The molecule has 4 unspecified atom stereocenters. The molecule has 0 aliphatic rings. The van der Waals surface area contributed by atoms with Gasteiger partial charge < -0.3 is 34.0 Å². The maximum atomic E-state index is 12.9. The summed E-state index contributed by atoms with van der Waals surface area (Å²) in [5, 5.41) is 24.5. The van der Waals surface area contributed by atoms with Crippen molar-refractivity contribution in [2.75, 3.05) is 40.9 Å². The molecule has 0 fully saturated rings. The van der Waals surface area contributed by atoms with Crippen molar-refractivity contribution in [3.63, 3.8) is 0 Å². The van der Waals surface area contributed by atoms with Gasteiger partial charge in [-0.2, -0.15) is 0 Å². The molecule has 9 nitrogen and oxygen atoms in total. The molecule has 0 spiro atoms. The van der Waals surface area contributed by atoms with Crippen LogP contribution in [-0.2, 0) is 18.4 Å². The second-order valence-corrected chi connectivity index (χ2v) is 17.6. The molecule has 0 rings (SSSR count). The van der Waals surface area contributed by atoms with Crippen LogP contribution < -0.4 is 10.2 Å². The Morgan fingerprint density at radius 3 is 1.56 bits per heavy atom. The molecule has 0 bridgehead atoms. The van der Waals surface area contributed by atoms with Crippen molar-refractivity contribution in [1.29, 1.82) is 0 Å². The summed E-state index contributed by atoms with van der Waals surface area (Å²) >= 11 is 0. The molecule has 0 aliphatic heterocycles. The van der Waals surface area contributed by atoms with Gasteiger partial charge in [-0.3, -0.25) is 9.36 Å². The van der Waals surface area contributed by atoms with E-state index >= 15 is 0 Å². The van der Waals surface area contributed by atoms with Crippen LogP contribution in [0.5, 0.6) is 0 Å². The van der Waals surface area contributed by atoms with Gasteiger partial charge in [0.25, 0.3) is 7.82 Å². The number of aliphatic hydroxyl groups is 2. The lowest BCUT2D eigenvalue weighted by Gasteiger charge is -2.31. The van der Waals surface area contributed by atoms with Crippen LogP contribution in [0.15, 0.2) is 12.2 Å². The molecule has 0 aliphatic carbocycles. The maximum absolute atomic E-state index is 12.9. The fourth-order valence-corrected chi connectivity index (χ4v) is 7.04. The zero-order valence-corrected chi connectivity index (χ0v) is 35.5. The number of likely N-dealkylation sites (N-methyl/N-ethyl adjacent to an activating group) is 1. The van der Waals surface area contributed by atoms with Crippen LogP contribution in [0.25, 0.3) is 0 Å². The predicted octanol–water partition coefficient (Wildman–Crippen LogP) is 9.92. The largest absolute Gasteiger partial charge is 0.756 e. The van der Waals surface area contributed by atoms with Crippen LogP contribution in [0, 0.1) is 0 Å². The van der Waals surface area contributed by atoms with E-state index in [0.717, 1.165) is 32.1 Å². The van der Waals surface area contributed by atoms with E-state index in [1.54, 1.807) is 0 Å². The lowest BCUT2D eigenvalue weighted by molar-refractivity contribution is -0.870. The molecule has 0 heterocycles. The van der Waals surface area contributed by atoms with Gasteiger partial charge in [0.1, 0.15) is 19.3 Å². The Balaban J connectivity index is 4.53. The van der Waals surface area contributed by atoms with E-state index in [1.807, 2.05) is 21.1 Å². The van der Waals surface area contributed by atoms with Gasteiger partial charge in [0.15, 0.2) is 0 Å². The Labute approximate surface area is 321 Å². The Hall–Kier alpha value is -0.800. The smallest absolute Gasteiger partial charge is 0.268 e. The fourth-order valence-electron chi connectivity index (χ4n) is 6.31. The molecule has 3 N–H and O–H groups in total. The normalized spacial score (nSPS) is 15.2. The summed E-state index contributed by atoms with van der Waals surface area (Å²) in [7, 11) is 1.11. The number of carbonyl (C=O) groups excluding carboxylic acids is 1. The molecule has 0 saturated heterocycles. The van der Waals surface area contributed by atoms with E-state index in [4.69, 9.17) is 9.05 Å². The highest BCUT2D eigenvalue weighted by atomic mass is 31.2. The van der Waals surface area contributed by atoms with Crippen molar-refractivity contribution < 1.29 is 38.0 Å². The van der Waals surface area contributed by atoms with Crippen LogP contribution in [-0.4, -0.2) is 79.8 Å². The topological polar surface area (TPSA) is 128 Å². The number of hydrogen-bond donors (Lipinski definition) is 3. The third-order valence-electron chi connectivity index (χ3n) is 9.85. The van der Waals surface area contributed by atoms with Gasteiger partial charge in [0, 0.05) is 6.42 Å². The number of aliphatic hydroxyl groups excluding tert-OH is 2. The third-order valence-corrected chi connectivity index (χ3v) is 10.8. The molecule has 1 amide bonds. The average Bonchev–Trinajstić information content (AvgIpc) is 3.09. The van der Waals surface area contributed by atoms with E-state index in [0.29, 0.717) is 23.9 Å². The number of nitrogens with zero attached hydrogens (tertiary/aromatic N) is 1. The Bertz CT molecular complexity index is 883. The van der Waals surface area contributed by atoms with Gasteiger partial charge in [0.05, 0.1) is 39.9 Å². The first kappa shape index (κ1) is 51.2. The molecule has 0 saturated carbocycles. The number of nitrogens with one attached hydrogen (secondary N) is 1. The first-order chi connectivity index (χ1) is 24.9. The minimum atomic E-state index is -4.66. The third kappa shape index (κ3) is 34.9. The number of phosphoric acid groups is 1. The molecule has 0 radical (unpaired) electrons. The Kier molecular flexibility index (Phi) is 34.1.